The van der Waals surface area contributed by atoms with E-state index in [9.17, 15) is 0 Å². The topological polar surface area (TPSA) is 12.5 Å². The van der Waals surface area contributed by atoms with E-state index >= 15 is 0 Å². The first-order chi connectivity index (χ1) is 14.7. The molecule has 0 aromatic heterocycles. The van der Waals surface area contributed by atoms with Crippen LogP contribution in [0.2, 0.25) is 0 Å². The highest BCUT2D eigenvalue weighted by molar-refractivity contribution is 6.18. The molecular formula is C27H30ClNO. The van der Waals surface area contributed by atoms with E-state index < -0.39 is 0 Å². The monoisotopic (exact) mass is 419 g/mol. The Morgan fingerprint density at radius 2 is 1.33 bits per heavy atom. The highest BCUT2D eigenvalue weighted by atomic mass is 35.5. The zero-order valence-electron chi connectivity index (χ0n) is 17.9. The first-order valence-corrected chi connectivity index (χ1v) is 11.1. The van der Waals surface area contributed by atoms with Gasteiger partial charge in [-0.25, -0.2) is 0 Å². The molecule has 0 amide bonds. The van der Waals surface area contributed by atoms with E-state index in [0.717, 1.165) is 25.3 Å². The molecule has 0 aliphatic rings. The fourth-order valence-electron chi connectivity index (χ4n) is 3.58. The minimum absolute atomic E-state index is 0.640. The van der Waals surface area contributed by atoms with Crippen molar-refractivity contribution in [2.45, 2.75) is 13.3 Å². The third kappa shape index (κ3) is 5.98. The Morgan fingerprint density at radius 3 is 1.90 bits per heavy atom. The number of likely N-dealkylation sites (N-methyl/N-ethyl adjacent to an activating group) is 1. The number of alkyl halides is 1. The average Bonchev–Trinajstić information content (AvgIpc) is 2.79. The second kappa shape index (κ2) is 11.6. The Morgan fingerprint density at radius 1 is 0.767 bits per heavy atom. The maximum atomic E-state index is 5.93. The maximum Gasteiger partial charge on any atom is 0.119 e. The van der Waals surface area contributed by atoms with Gasteiger partial charge in [0, 0.05) is 19.0 Å². The minimum atomic E-state index is 0.640. The lowest BCUT2D eigenvalue weighted by Crippen LogP contribution is -2.26. The Hall–Kier alpha value is -2.55. The molecule has 0 heterocycles. The van der Waals surface area contributed by atoms with Gasteiger partial charge in [-0.15, -0.1) is 11.6 Å². The number of nitrogens with zero attached hydrogens (tertiary/aromatic N) is 1. The van der Waals surface area contributed by atoms with Crippen LogP contribution in [-0.4, -0.2) is 37.5 Å². The largest absolute Gasteiger partial charge is 0.492 e. The molecule has 0 saturated carbocycles. The predicted octanol–water partition coefficient (Wildman–Crippen LogP) is 6.61. The van der Waals surface area contributed by atoms with Crippen molar-refractivity contribution in [1.29, 1.82) is 0 Å². The second-order valence-corrected chi connectivity index (χ2v) is 7.68. The average molecular weight is 420 g/mol. The van der Waals surface area contributed by atoms with E-state index in [0.29, 0.717) is 12.5 Å². The summed E-state index contributed by atoms with van der Waals surface area (Å²) in [6.07, 6.45) is 0.958. The van der Waals surface area contributed by atoms with Crippen molar-refractivity contribution in [3.05, 3.63) is 102 Å². The van der Waals surface area contributed by atoms with Gasteiger partial charge in [0.15, 0.2) is 0 Å². The summed E-state index contributed by atoms with van der Waals surface area (Å²) in [5.74, 6) is 1.53. The summed E-state index contributed by atoms with van der Waals surface area (Å²) in [6.45, 7) is 4.60. The summed E-state index contributed by atoms with van der Waals surface area (Å²) in [5.41, 5.74) is 6.32. The first kappa shape index (κ1) is 22.1. The molecule has 0 unspecified atom stereocenters. The van der Waals surface area contributed by atoms with Crippen LogP contribution >= 0.6 is 11.6 Å². The third-order valence-corrected chi connectivity index (χ3v) is 5.36. The molecule has 156 valence electrons. The van der Waals surface area contributed by atoms with Crippen LogP contribution in [0.25, 0.3) is 11.1 Å². The molecule has 0 N–H and O–H groups in total. The summed E-state index contributed by atoms with van der Waals surface area (Å²) >= 11 is 5.78. The Labute approximate surface area is 185 Å². The second-order valence-electron chi connectivity index (χ2n) is 7.30. The number of allylic oxidation sites excluding steroid dienone is 1. The quantitative estimate of drug-likeness (QED) is 0.271. The molecule has 3 aromatic rings. The summed E-state index contributed by atoms with van der Waals surface area (Å²) in [4.78, 5) is 2.17. The number of hydrogen-bond donors (Lipinski definition) is 0. The molecule has 2 nitrogen and oxygen atoms in total. The van der Waals surface area contributed by atoms with Gasteiger partial charge in [0.25, 0.3) is 0 Å². The molecule has 0 fully saturated rings. The molecule has 0 spiro atoms. The number of hydrogen-bond acceptors (Lipinski definition) is 2. The summed E-state index contributed by atoms with van der Waals surface area (Å²) in [6, 6.07) is 29.8. The summed E-state index contributed by atoms with van der Waals surface area (Å²) < 4.78 is 5.93. The third-order valence-electron chi connectivity index (χ3n) is 5.19. The predicted molar refractivity (Wildman–Crippen MR) is 129 cm³/mol. The molecule has 30 heavy (non-hydrogen) atoms. The molecule has 3 heteroatoms. The van der Waals surface area contributed by atoms with Crippen LogP contribution in [-0.2, 0) is 0 Å². The van der Waals surface area contributed by atoms with Gasteiger partial charge >= 0.3 is 0 Å². The van der Waals surface area contributed by atoms with Gasteiger partial charge in [0.05, 0.1) is 0 Å². The van der Waals surface area contributed by atoms with Crippen LogP contribution in [0.1, 0.15) is 30.0 Å². The van der Waals surface area contributed by atoms with Crippen molar-refractivity contribution in [3.8, 4) is 5.75 Å². The van der Waals surface area contributed by atoms with E-state index in [4.69, 9.17) is 16.3 Å². The molecular weight excluding hydrogens is 390 g/mol. The van der Waals surface area contributed by atoms with Crippen molar-refractivity contribution in [1.82, 2.24) is 4.90 Å². The highest BCUT2D eigenvalue weighted by Crippen LogP contribution is 2.34. The molecule has 0 saturated heterocycles. The van der Waals surface area contributed by atoms with Gasteiger partial charge in [0.2, 0.25) is 0 Å². The maximum absolute atomic E-state index is 5.93. The summed E-state index contributed by atoms with van der Waals surface area (Å²) in [7, 11) is 2.06. The van der Waals surface area contributed by atoms with Gasteiger partial charge < -0.3 is 9.64 Å². The van der Waals surface area contributed by atoms with Crippen LogP contribution in [0.3, 0.4) is 0 Å². The molecule has 3 rings (SSSR count). The number of ether oxygens (including phenoxy) is 1. The number of halogens is 1. The van der Waals surface area contributed by atoms with Crippen molar-refractivity contribution in [2.24, 2.45) is 0 Å². The minimum Gasteiger partial charge on any atom is -0.492 e. The van der Waals surface area contributed by atoms with Crippen molar-refractivity contribution < 1.29 is 4.74 Å². The molecule has 3 aromatic carbocycles. The molecule has 0 aliphatic carbocycles. The number of rotatable bonds is 10. The summed E-state index contributed by atoms with van der Waals surface area (Å²) in [5, 5.41) is 0. The van der Waals surface area contributed by atoms with Crippen LogP contribution in [0.5, 0.6) is 5.75 Å². The molecule has 0 atom stereocenters. The lowest BCUT2D eigenvalue weighted by molar-refractivity contribution is 0.244. The Kier molecular flexibility index (Phi) is 8.55. The van der Waals surface area contributed by atoms with Crippen molar-refractivity contribution in [3.63, 3.8) is 0 Å². The fraction of sp³-hybridized carbons (Fsp3) is 0.259. The zero-order chi connectivity index (χ0) is 21.2. The van der Waals surface area contributed by atoms with Crippen LogP contribution in [0, 0.1) is 0 Å². The van der Waals surface area contributed by atoms with Gasteiger partial charge in [-0.2, -0.15) is 0 Å². The zero-order valence-corrected chi connectivity index (χ0v) is 18.6. The van der Waals surface area contributed by atoms with Gasteiger partial charge in [-0.3, -0.25) is 0 Å². The lowest BCUT2D eigenvalue weighted by Gasteiger charge is -2.17. The van der Waals surface area contributed by atoms with Crippen LogP contribution in [0.4, 0.5) is 0 Å². The van der Waals surface area contributed by atoms with Crippen molar-refractivity contribution >= 4 is 22.7 Å². The number of benzene rings is 3. The normalized spacial score (nSPS) is 12.0. The molecule has 0 bridgehead atoms. The van der Waals surface area contributed by atoms with Crippen LogP contribution in [0.15, 0.2) is 84.9 Å². The van der Waals surface area contributed by atoms with Crippen molar-refractivity contribution in [2.75, 3.05) is 32.6 Å². The molecule has 0 aliphatic heterocycles. The van der Waals surface area contributed by atoms with E-state index in [1.54, 1.807) is 0 Å². The van der Waals surface area contributed by atoms with Gasteiger partial charge in [0.1, 0.15) is 12.4 Å². The highest BCUT2D eigenvalue weighted by Gasteiger charge is 2.13. The van der Waals surface area contributed by atoms with E-state index in [-0.39, 0.29) is 0 Å². The Bertz CT molecular complexity index is 920. The van der Waals surface area contributed by atoms with Gasteiger partial charge in [-0.1, -0.05) is 79.7 Å². The van der Waals surface area contributed by atoms with E-state index in [1.165, 1.54) is 27.8 Å². The smallest absolute Gasteiger partial charge is 0.119 e. The van der Waals surface area contributed by atoms with Gasteiger partial charge in [-0.05, 0) is 53.4 Å². The van der Waals surface area contributed by atoms with Crippen LogP contribution < -0.4 is 4.74 Å². The first-order valence-electron chi connectivity index (χ1n) is 10.5. The Balaban J connectivity index is 1.89. The van der Waals surface area contributed by atoms with E-state index in [2.05, 4.69) is 104 Å². The molecule has 0 radical (unpaired) electrons. The lowest BCUT2D eigenvalue weighted by atomic mass is 9.88. The van der Waals surface area contributed by atoms with E-state index in [1.807, 2.05) is 0 Å². The fourth-order valence-corrected chi connectivity index (χ4v) is 3.87. The standard InChI is InChI=1S/C27H30ClNO/c1-3-26(22-10-6-4-7-11-22)27(23-12-8-5-9-13-23)24-14-16-25(17-15-24)30-21-20-29(2)19-18-28/h4-17H,3,18-21H2,1-2H3/b27-26-. The SMILES string of the molecule is CC/C(=C(\c1ccccc1)c1ccc(OCCN(C)CCCl)cc1)c1ccccc1.